The van der Waals surface area contributed by atoms with E-state index in [1.165, 1.54) is 0 Å². The van der Waals surface area contributed by atoms with Gasteiger partial charge in [-0.15, -0.1) is 23.7 Å². The number of rotatable bonds is 4. The van der Waals surface area contributed by atoms with Crippen molar-refractivity contribution in [1.29, 1.82) is 0 Å². The highest BCUT2D eigenvalue weighted by atomic mass is 19.4. The van der Waals surface area contributed by atoms with Gasteiger partial charge in [0, 0.05) is 19.4 Å². The van der Waals surface area contributed by atoms with Crippen molar-refractivity contribution >= 4 is 5.91 Å². The van der Waals surface area contributed by atoms with E-state index in [2.05, 4.69) is 23.7 Å². The molecule has 94 valence electrons. The van der Waals surface area contributed by atoms with Crippen LogP contribution in [0.5, 0.6) is 0 Å². The van der Waals surface area contributed by atoms with Crippen molar-refractivity contribution in [2.45, 2.75) is 32.9 Å². The van der Waals surface area contributed by atoms with Crippen molar-refractivity contribution in [3.63, 3.8) is 0 Å². The standard InChI is InChI=1S/C12H14F3NO/c1-3-5-7-10(8-6-4-2)9-16-11(17)12(13,14)15/h10H,7-9H2,1-2H3,(H,16,17). The van der Waals surface area contributed by atoms with Crippen LogP contribution in [0.1, 0.15) is 26.7 Å². The Balaban J connectivity index is 4.26. The van der Waals surface area contributed by atoms with Gasteiger partial charge in [-0.1, -0.05) is 0 Å². The molecular formula is C12H14F3NO. The van der Waals surface area contributed by atoms with Gasteiger partial charge in [0.25, 0.3) is 0 Å². The van der Waals surface area contributed by atoms with Gasteiger partial charge in [-0.3, -0.25) is 4.79 Å². The van der Waals surface area contributed by atoms with Crippen LogP contribution in [0.15, 0.2) is 0 Å². The van der Waals surface area contributed by atoms with Crippen LogP contribution in [-0.4, -0.2) is 18.6 Å². The van der Waals surface area contributed by atoms with Gasteiger partial charge < -0.3 is 5.32 Å². The van der Waals surface area contributed by atoms with Crippen molar-refractivity contribution in [3.05, 3.63) is 0 Å². The molecule has 2 nitrogen and oxygen atoms in total. The van der Waals surface area contributed by atoms with Crippen LogP contribution in [-0.2, 0) is 4.79 Å². The predicted molar refractivity (Wildman–Crippen MR) is 58.7 cm³/mol. The summed E-state index contributed by atoms with van der Waals surface area (Å²) in [4.78, 5) is 10.6. The second kappa shape index (κ2) is 7.62. The molecular weight excluding hydrogens is 231 g/mol. The smallest absolute Gasteiger partial charge is 0.348 e. The molecule has 0 aromatic carbocycles. The van der Waals surface area contributed by atoms with Gasteiger partial charge in [0.15, 0.2) is 0 Å². The molecule has 0 radical (unpaired) electrons. The van der Waals surface area contributed by atoms with Crippen LogP contribution in [0, 0.1) is 29.6 Å². The first-order chi connectivity index (χ1) is 7.91. The van der Waals surface area contributed by atoms with E-state index in [0.717, 1.165) is 0 Å². The highest BCUT2D eigenvalue weighted by molar-refractivity contribution is 5.81. The molecule has 0 heterocycles. The minimum Gasteiger partial charge on any atom is -0.348 e. The Morgan fingerprint density at radius 1 is 1.18 bits per heavy atom. The lowest BCUT2D eigenvalue weighted by Crippen LogP contribution is -2.39. The predicted octanol–water partition coefficient (Wildman–Crippen LogP) is 2.11. The molecule has 0 aliphatic heterocycles. The van der Waals surface area contributed by atoms with E-state index < -0.39 is 12.1 Å². The molecule has 17 heavy (non-hydrogen) atoms. The minimum absolute atomic E-state index is 0.0678. The van der Waals surface area contributed by atoms with Crippen LogP contribution in [0.25, 0.3) is 0 Å². The van der Waals surface area contributed by atoms with Crippen LogP contribution in [0.4, 0.5) is 13.2 Å². The summed E-state index contributed by atoms with van der Waals surface area (Å²) in [5, 5.41) is 1.84. The molecule has 0 bridgehead atoms. The van der Waals surface area contributed by atoms with Gasteiger partial charge in [0.2, 0.25) is 0 Å². The maximum Gasteiger partial charge on any atom is 0.471 e. The Morgan fingerprint density at radius 3 is 2.00 bits per heavy atom. The second-order valence-corrected chi connectivity index (χ2v) is 3.34. The normalized spacial score (nSPS) is 10.0. The average Bonchev–Trinajstić information content (AvgIpc) is 2.26. The summed E-state index contributed by atoms with van der Waals surface area (Å²) >= 11 is 0. The van der Waals surface area contributed by atoms with E-state index in [1.807, 2.05) is 5.32 Å². The van der Waals surface area contributed by atoms with Gasteiger partial charge in [-0.2, -0.15) is 13.2 Å². The molecule has 0 saturated heterocycles. The Labute approximate surface area is 99.0 Å². The van der Waals surface area contributed by atoms with Crippen molar-refractivity contribution in [3.8, 4) is 23.7 Å². The quantitative estimate of drug-likeness (QED) is 0.755. The molecule has 0 unspecified atom stereocenters. The number of nitrogens with one attached hydrogen (secondary N) is 1. The third kappa shape index (κ3) is 7.30. The molecule has 5 heteroatoms. The van der Waals surface area contributed by atoms with Crippen LogP contribution < -0.4 is 5.32 Å². The molecule has 0 aromatic heterocycles. The van der Waals surface area contributed by atoms with E-state index >= 15 is 0 Å². The molecule has 1 amide bonds. The van der Waals surface area contributed by atoms with Gasteiger partial charge in [-0.25, -0.2) is 0 Å². The first-order valence-electron chi connectivity index (χ1n) is 5.06. The summed E-state index contributed by atoms with van der Waals surface area (Å²) in [6, 6.07) is 0. The van der Waals surface area contributed by atoms with Gasteiger partial charge >= 0.3 is 12.1 Å². The van der Waals surface area contributed by atoms with Crippen molar-refractivity contribution in [2.75, 3.05) is 6.54 Å². The Kier molecular flexibility index (Phi) is 6.89. The Bertz CT molecular complexity index is 343. The van der Waals surface area contributed by atoms with Crippen LogP contribution in [0.2, 0.25) is 0 Å². The summed E-state index contributed by atoms with van der Waals surface area (Å²) < 4.78 is 35.8. The number of carbonyl (C=O) groups excluding carboxylic acids is 1. The number of hydrogen-bond acceptors (Lipinski definition) is 1. The van der Waals surface area contributed by atoms with E-state index in [9.17, 15) is 18.0 Å². The summed E-state index contributed by atoms with van der Waals surface area (Å²) in [7, 11) is 0. The zero-order valence-corrected chi connectivity index (χ0v) is 9.74. The monoisotopic (exact) mass is 245 g/mol. The van der Waals surface area contributed by atoms with E-state index in [1.54, 1.807) is 13.8 Å². The molecule has 0 saturated carbocycles. The molecule has 0 aliphatic rings. The van der Waals surface area contributed by atoms with Crippen molar-refractivity contribution in [2.24, 2.45) is 5.92 Å². The lowest BCUT2D eigenvalue weighted by atomic mass is 10.0. The maximum absolute atomic E-state index is 11.9. The van der Waals surface area contributed by atoms with Gasteiger partial charge in [0.05, 0.1) is 0 Å². The first-order valence-corrected chi connectivity index (χ1v) is 5.06. The minimum atomic E-state index is -4.84. The molecule has 0 rings (SSSR count). The molecule has 0 aromatic rings. The maximum atomic E-state index is 11.9. The molecule has 1 N–H and O–H groups in total. The number of hydrogen-bond donors (Lipinski definition) is 1. The summed E-state index contributed by atoms with van der Waals surface area (Å²) in [6.07, 6.45) is -4.00. The third-order valence-corrected chi connectivity index (χ3v) is 1.94. The molecule has 0 aliphatic carbocycles. The van der Waals surface area contributed by atoms with Crippen LogP contribution in [0.3, 0.4) is 0 Å². The first kappa shape index (κ1) is 15.4. The SMILES string of the molecule is CC#CCC(CC#CC)CNC(=O)C(F)(F)F. The second-order valence-electron chi connectivity index (χ2n) is 3.34. The number of carbonyl (C=O) groups is 1. The van der Waals surface area contributed by atoms with E-state index in [-0.39, 0.29) is 12.5 Å². The van der Waals surface area contributed by atoms with E-state index in [4.69, 9.17) is 0 Å². The Hall–Kier alpha value is -1.62. The fraction of sp³-hybridized carbons (Fsp3) is 0.583. The Morgan fingerprint density at radius 2 is 1.65 bits per heavy atom. The largest absolute Gasteiger partial charge is 0.471 e. The summed E-state index contributed by atoms with van der Waals surface area (Å²) in [6.45, 7) is 3.23. The zero-order chi connectivity index (χ0) is 13.3. The highest BCUT2D eigenvalue weighted by Crippen LogP contribution is 2.15. The number of amides is 1. The fourth-order valence-corrected chi connectivity index (χ4v) is 1.05. The van der Waals surface area contributed by atoms with Gasteiger partial charge in [-0.05, 0) is 19.8 Å². The third-order valence-electron chi connectivity index (χ3n) is 1.94. The number of alkyl halides is 3. The lowest BCUT2D eigenvalue weighted by Gasteiger charge is -2.13. The molecule has 0 atom stereocenters. The number of halogens is 3. The van der Waals surface area contributed by atoms with Gasteiger partial charge in [0.1, 0.15) is 0 Å². The molecule has 0 spiro atoms. The summed E-state index contributed by atoms with van der Waals surface area (Å²) in [5.41, 5.74) is 0. The zero-order valence-electron chi connectivity index (χ0n) is 9.74. The fourth-order valence-electron chi connectivity index (χ4n) is 1.05. The van der Waals surface area contributed by atoms with Crippen molar-refractivity contribution in [1.82, 2.24) is 5.32 Å². The molecule has 0 fully saturated rings. The topological polar surface area (TPSA) is 29.1 Å². The average molecular weight is 245 g/mol. The van der Waals surface area contributed by atoms with Crippen molar-refractivity contribution < 1.29 is 18.0 Å². The van der Waals surface area contributed by atoms with E-state index in [0.29, 0.717) is 12.8 Å². The van der Waals surface area contributed by atoms with Crippen LogP contribution >= 0.6 is 0 Å². The summed E-state index contributed by atoms with van der Waals surface area (Å²) in [5.74, 6) is 8.76. The highest BCUT2D eigenvalue weighted by Gasteiger charge is 2.38. The lowest BCUT2D eigenvalue weighted by molar-refractivity contribution is -0.173.